The summed E-state index contributed by atoms with van der Waals surface area (Å²) in [5, 5.41) is 8.41. The van der Waals surface area contributed by atoms with Gasteiger partial charge in [0.25, 0.3) is 0 Å². The van der Waals surface area contributed by atoms with Gasteiger partial charge in [-0.15, -0.1) is 0 Å². The molecule has 0 unspecified atom stereocenters. The number of esters is 1. The number of anilines is 2. The Bertz CT molecular complexity index is 488. The Morgan fingerprint density at radius 3 is 2.40 bits per heavy atom. The van der Waals surface area contributed by atoms with Crippen molar-refractivity contribution in [3.63, 3.8) is 0 Å². The van der Waals surface area contributed by atoms with Crippen molar-refractivity contribution < 1.29 is 9.53 Å². The summed E-state index contributed by atoms with van der Waals surface area (Å²) >= 11 is 0. The fraction of sp³-hybridized carbons (Fsp3) is 0.467. The van der Waals surface area contributed by atoms with Crippen LogP contribution in [0.1, 0.15) is 37.7 Å². The van der Waals surface area contributed by atoms with Crippen LogP contribution in [0.5, 0.6) is 0 Å². The molecule has 1 aliphatic carbocycles. The Hall–Kier alpha value is -2.22. The van der Waals surface area contributed by atoms with Crippen LogP contribution in [-0.2, 0) is 9.53 Å². The molecule has 5 nitrogen and oxygen atoms in total. The van der Waals surface area contributed by atoms with E-state index in [2.05, 4.69) is 4.74 Å². The van der Waals surface area contributed by atoms with Crippen molar-refractivity contribution in [3.8, 4) is 6.07 Å². The molecule has 1 aromatic carbocycles. The summed E-state index contributed by atoms with van der Waals surface area (Å²) < 4.78 is 4.65. The van der Waals surface area contributed by atoms with E-state index < -0.39 is 0 Å². The summed E-state index contributed by atoms with van der Waals surface area (Å²) in [5.41, 5.74) is 12.3. The molecule has 1 fully saturated rings. The maximum Gasteiger partial charge on any atom is 0.308 e. The average Bonchev–Trinajstić information content (AvgIpc) is 2.50. The summed E-state index contributed by atoms with van der Waals surface area (Å²) in [6.45, 7) is 0. The lowest BCUT2D eigenvalue weighted by Gasteiger charge is -2.18. The minimum Gasteiger partial charge on any atom is -0.469 e. The molecule has 2 rings (SSSR count). The van der Waals surface area contributed by atoms with Crippen LogP contribution >= 0.6 is 0 Å². The van der Waals surface area contributed by atoms with Crippen LogP contribution in [0.2, 0.25) is 0 Å². The van der Waals surface area contributed by atoms with E-state index >= 15 is 0 Å². The van der Waals surface area contributed by atoms with E-state index in [9.17, 15) is 4.79 Å². The summed E-state index contributed by atoms with van der Waals surface area (Å²) in [5.74, 6) is 0.193. The molecule has 4 N–H and O–H groups in total. The largest absolute Gasteiger partial charge is 0.469 e. The van der Waals surface area contributed by atoms with Gasteiger partial charge in [-0.3, -0.25) is 4.79 Å². The minimum atomic E-state index is -0.0142. The number of nitrogens with zero attached hydrogens (tertiary/aromatic N) is 1. The van der Waals surface area contributed by atoms with Gasteiger partial charge in [0.05, 0.1) is 36.0 Å². The van der Waals surface area contributed by atoms with Crippen molar-refractivity contribution >= 4 is 17.3 Å². The van der Waals surface area contributed by atoms with Crippen LogP contribution in [0.3, 0.4) is 0 Å². The third-order valence-corrected chi connectivity index (χ3v) is 3.36. The van der Waals surface area contributed by atoms with E-state index in [-0.39, 0.29) is 11.9 Å². The van der Waals surface area contributed by atoms with Crippen LogP contribution in [0.25, 0.3) is 0 Å². The smallest absolute Gasteiger partial charge is 0.308 e. The molecule has 0 atom stereocenters. The molecule has 1 saturated carbocycles. The highest BCUT2D eigenvalue weighted by molar-refractivity contribution is 5.72. The average molecular weight is 275 g/mol. The molecule has 5 heteroatoms. The fourth-order valence-electron chi connectivity index (χ4n) is 2.15. The van der Waals surface area contributed by atoms with Gasteiger partial charge in [-0.1, -0.05) is 19.3 Å². The molecule has 0 radical (unpaired) electrons. The van der Waals surface area contributed by atoms with Crippen molar-refractivity contribution in [2.45, 2.75) is 32.1 Å². The maximum absolute atomic E-state index is 10.9. The van der Waals surface area contributed by atoms with Crippen molar-refractivity contribution in [2.24, 2.45) is 5.92 Å². The van der Waals surface area contributed by atoms with E-state index in [1.54, 1.807) is 18.2 Å². The SMILES string of the molecule is COC(=O)C1CCCCC1.N#Cc1ccc(N)c(N)c1. The molecule has 20 heavy (non-hydrogen) atoms. The second kappa shape index (κ2) is 8.05. The van der Waals surface area contributed by atoms with Crippen molar-refractivity contribution in [1.29, 1.82) is 5.26 Å². The summed E-state index contributed by atoms with van der Waals surface area (Å²) in [6.07, 6.45) is 5.74. The zero-order valence-corrected chi connectivity index (χ0v) is 11.8. The van der Waals surface area contributed by atoms with E-state index in [1.165, 1.54) is 26.4 Å². The molecule has 0 aromatic heterocycles. The minimum absolute atomic E-state index is 0.0142. The van der Waals surface area contributed by atoms with Gasteiger partial charge in [-0.05, 0) is 31.0 Å². The first kappa shape index (κ1) is 15.8. The third kappa shape index (κ3) is 4.81. The molecule has 0 aliphatic heterocycles. The van der Waals surface area contributed by atoms with Gasteiger partial charge in [0.2, 0.25) is 0 Å². The Kier molecular flexibility index (Phi) is 6.38. The lowest BCUT2D eigenvalue weighted by molar-refractivity contribution is -0.146. The Labute approximate surface area is 119 Å². The van der Waals surface area contributed by atoms with Crippen molar-refractivity contribution in [3.05, 3.63) is 23.8 Å². The van der Waals surface area contributed by atoms with Crippen LogP contribution in [0.15, 0.2) is 18.2 Å². The number of ether oxygens (including phenoxy) is 1. The van der Waals surface area contributed by atoms with Gasteiger partial charge in [0, 0.05) is 0 Å². The van der Waals surface area contributed by atoms with Crippen LogP contribution in [0.4, 0.5) is 11.4 Å². The molecule has 0 heterocycles. The van der Waals surface area contributed by atoms with E-state index in [1.807, 2.05) is 6.07 Å². The third-order valence-electron chi connectivity index (χ3n) is 3.36. The molecule has 0 spiro atoms. The zero-order valence-electron chi connectivity index (χ0n) is 11.8. The Morgan fingerprint density at radius 2 is 1.90 bits per heavy atom. The van der Waals surface area contributed by atoms with Gasteiger partial charge in [0.1, 0.15) is 0 Å². The number of nitrogen functional groups attached to an aromatic ring is 2. The van der Waals surface area contributed by atoms with E-state index in [0.29, 0.717) is 16.9 Å². The van der Waals surface area contributed by atoms with E-state index in [4.69, 9.17) is 16.7 Å². The number of carbonyl (C=O) groups excluding carboxylic acids is 1. The monoisotopic (exact) mass is 275 g/mol. The Morgan fingerprint density at radius 1 is 1.25 bits per heavy atom. The number of hydrogen-bond donors (Lipinski definition) is 2. The standard InChI is InChI=1S/C8H14O2.C7H7N3/c1-10-8(9)7-5-3-2-4-6-7;8-4-5-1-2-6(9)7(10)3-5/h7H,2-6H2,1H3;1-3H,9-10H2. The maximum atomic E-state index is 10.9. The lowest BCUT2D eigenvalue weighted by Crippen LogP contribution is -2.18. The quantitative estimate of drug-likeness (QED) is 0.605. The highest BCUT2D eigenvalue weighted by Gasteiger charge is 2.20. The first-order valence-corrected chi connectivity index (χ1v) is 6.71. The second-order valence-electron chi connectivity index (χ2n) is 4.81. The zero-order chi connectivity index (χ0) is 15.0. The number of rotatable bonds is 1. The number of carbonyl (C=O) groups is 1. The molecule has 1 aromatic rings. The number of methoxy groups -OCH3 is 1. The molecular weight excluding hydrogens is 254 g/mol. The normalized spacial score (nSPS) is 14.6. The van der Waals surface area contributed by atoms with Crippen molar-refractivity contribution in [1.82, 2.24) is 0 Å². The summed E-state index contributed by atoms with van der Waals surface area (Å²) in [4.78, 5) is 10.9. The highest BCUT2D eigenvalue weighted by atomic mass is 16.5. The first-order valence-electron chi connectivity index (χ1n) is 6.71. The van der Waals surface area contributed by atoms with Crippen LogP contribution in [0, 0.1) is 17.2 Å². The predicted octanol–water partition coefficient (Wildman–Crippen LogP) is 2.46. The Balaban J connectivity index is 0.000000200. The molecule has 0 amide bonds. The van der Waals surface area contributed by atoms with Crippen LogP contribution in [-0.4, -0.2) is 13.1 Å². The molecule has 0 bridgehead atoms. The van der Waals surface area contributed by atoms with Gasteiger partial charge >= 0.3 is 5.97 Å². The first-order chi connectivity index (χ1) is 9.58. The summed E-state index contributed by atoms with van der Waals surface area (Å²) in [7, 11) is 1.47. The van der Waals surface area contributed by atoms with E-state index in [0.717, 1.165) is 12.8 Å². The molecule has 0 saturated heterocycles. The molecule has 1 aliphatic rings. The van der Waals surface area contributed by atoms with Crippen LogP contribution < -0.4 is 11.5 Å². The van der Waals surface area contributed by atoms with Gasteiger partial charge in [-0.25, -0.2) is 0 Å². The molecule has 108 valence electrons. The number of nitrogens with two attached hydrogens (primary N) is 2. The second-order valence-corrected chi connectivity index (χ2v) is 4.81. The fourth-order valence-corrected chi connectivity index (χ4v) is 2.15. The van der Waals surface area contributed by atoms with Gasteiger partial charge in [0.15, 0.2) is 0 Å². The summed E-state index contributed by atoms with van der Waals surface area (Å²) in [6, 6.07) is 6.76. The lowest BCUT2D eigenvalue weighted by atomic mass is 9.89. The number of nitriles is 1. The van der Waals surface area contributed by atoms with Gasteiger partial charge < -0.3 is 16.2 Å². The van der Waals surface area contributed by atoms with Crippen molar-refractivity contribution in [2.75, 3.05) is 18.6 Å². The number of hydrogen-bond acceptors (Lipinski definition) is 5. The molecular formula is C15H21N3O2. The predicted molar refractivity (Wildman–Crippen MR) is 78.6 cm³/mol. The topological polar surface area (TPSA) is 102 Å². The van der Waals surface area contributed by atoms with Gasteiger partial charge in [-0.2, -0.15) is 5.26 Å². The number of benzene rings is 1. The highest BCUT2D eigenvalue weighted by Crippen LogP contribution is 2.24.